The van der Waals surface area contributed by atoms with Gasteiger partial charge in [-0.05, 0) is 36.4 Å². The summed E-state index contributed by atoms with van der Waals surface area (Å²) < 4.78 is 7.05. The third-order valence-electron chi connectivity index (χ3n) is 5.41. The second-order valence-corrected chi connectivity index (χ2v) is 7.69. The Morgan fingerprint density at radius 2 is 1.77 bits per heavy atom. The fraction of sp³-hybridized carbons (Fsp3) is 0.318. The maximum Gasteiger partial charge on any atom is 0.321 e. The van der Waals surface area contributed by atoms with Gasteiger partial charge in [0.2, 0.25) is 5.91 Å². The van der Waals surface area contributed by atoms with Crippen molar-refractivity contribution in [1.29, 1.82) is 0 Å². The lowest BCUT2D eigenvalue weighted by Crippen LogP contribution is -2.51. The van der Waals surface area contributed by atoms with Crippen LogP contribution in [0.1, 0.15) is 10.6 Å². The van der Waals surface area contributed by atoms with Crippen molar-refractivity contribution in [2.75, 3.05) is 45.6 Å². The molecule has 1 N–H and O–H groups in total. The Balaban J connectivity index is 1.35. The lowest BCUT2D eigenvalue weighted by molar-refractivity contribution is -0.129. The molecule has 3 aromatic rings. The van der Waals surface area contributed by atoms with E-state index in [1.54, 1.807) is 40.9 Å². The number of urea groups is 1. The number of hydrogen-bond acceptors (Lipinski definition) is 4. The van der Waals surface area contributed by atoms with Gasteiger partial charge in [-0.1, -0.05) is 0 Å². The van der Waals surface area contributed by atoms with E-state index in [4.69, 9.17) is 4.42 Å². The van der Waals surface area contributed by atoms with Crippen molar-refractivity contribution in [3.63, 3.8) is 0 Å². The number of anilines is 1. The standard InChI is InChI=1S/C22H25N5O4/c1-24(2)20(28)15-27-8-7-16-14-17(5-6-18(16)27)23-22(30)26-11-9-25(10-12-26)21(29)19-4-3-13-31-19/h3-8,13-14H,9-12,15H2,1-2H3,(H,23,30). The molecule has 0 bridgehead atoms. The summed E-state index contributed by atoms with van der Waals surface area (Å²) in [6, 6.07) is 10.7. The zero-order chi connectivity index (χ0) is 22.0. The Labute approximate surface area is 179 Å². The van der Waals surface area contributed by atoms with Gasteiger partial charge in [0.25, 0.3) is 5.91 Å². The molecule has 9 nitrogen and oxygen atoms in total. The molecule has 0 radical (unpaired) electrons. The minimum Gasteiger partial charge on any atom is -0.459 e. The number of benzene rings is 1. The summed E-state index contributed by atoms with van der Waals surface area (Å²) in [4.78, 5) is 41.9. The molecule has 0 spiro atoms. The Morgan fingerprint density at radius 3 is 2.45 bits per heavy atom. The maximum absolute atomic E-state index is 12.7. The van der Waals surface area contributed by atoms with E-state index in [1.165, 1.54) is 6.26 Å². The monoisotopic (exact) mass is 423 g/mol. The topological polar surface area (TPSA) is 91.0 Å². The Hall–Kier alpha value is -3.75. The van der Waals surface area contributed by atoms with Gasteiger partial charge in [-0.2, -0.15) is 0 Å². The molecule has 9 heteroatoms. The minimum atomic E-state index is -0.202. The van der Waals surface area contributed by atoms with Crippen molar-refractivity contribution in [3.05, 3.63) is 54.6 Å². The number of piperazine rings is 1. The van der Waals surface area contributed by atoms with Crippen LogP contribution in [-0.2, 0) is 11.3 Å². The lowest BCUT2D eigenvalue weighted by Gasteiger charge is -2.34. The number of carbonyl (C=O) groups is 3. The fourth-order valence-electron chi connectivity index (χ4n) is 3.57. The van der Waals surface area contributed by atoms with Crippen molar-refractivity contribution in [1.82, 2.24) is 19.3 Å². The van der Waals surface area contributed by atoms with Gasteiger partial charge in [0.15, 0.2) is 5.76 Å². The van der Waals surface area contributed by atoms with Gasteiger partial charge in [-0.15, -0.1) is 0 Å². The molecule has 162 valence electrons. The molecule has 1 saturated heterocycles. The van der Waals surface area contributed by atoms with E-state index in [0.29, 0.717) is 37.6 Å². The predicted molar refractivity (Wildman–Crippen MR) is 116 cm³/mol. The number of hydrogen-bond donors (Lipinski definition) is 1. The smallest absolute Gasteiger partial charge is 0.321 e. The minimum absolute atomic E-state index is 0.0135. The van der Waals surface area contributed by atoms with E-state index in [9.17, 15) is 14.4 Å². The molecule has 4 amide bonds. The molecule has 0 atom stereocenters. The van der Waals surface area contributed by atoms with Crippen LogP contribution in [0.5, 0.6) is 0 Å². The van der Waals surface area contributed by atoms with Crippen LogP contribution in [0.3, 0.4) is 0 Å². The van der Waals surface area contributed by atoms with Crippen molar-refractivity contribution in [2.45, 2.75) is 6.54 Å². The summed E-state index contributed by atoms with van der Waals surface area (Å²) >= 11 is 0. The Kier molecular flexibility index (Phi) is 5.66. The summed E-state index contributed by atoms with van der Waals surface area (Å²) in [5.41, 5.74) is 1.61. The van der Waals surface area contributed by atoms with Crippen LogP contribution >= 0.6 is 0 Å². The van der Waals surface area contributed by atoms with E-state index < -0.39 is 0 Å². The molecule has 1 aliphatic heterocycles. The quantitative estimate of drug-likeness (QED) is 0.697. The van der Waals surface area contributed by atoms with Crippen molar-refractivity contribution < 1.29 is 18.8 Å². The fourth-order valence-corrected chi connectivity index (χ4v) is 3.57. The normalized spacial score (nSPS) is 14.0. The largest absolute Gasteiger partial charge is 0.459 e. The number of amides is 4. The van der Waals surface area contributed by atoms with E-state index in [1.807, 2.05) is 35.0 Å². The van der Waals surface area contributed by atoms with Gasteiger partial charge in [0.1, 0.15) is 6.54 Å². The summed E-state index contributed by atoms with van der Waals surface area (Å²) in [5, 5.41) is 3.87. The summed E-state index contributed by atoms with van der Waals surface area (Å²) in [7, 11) is 3.46. The number of furan rings is 1. The van der Waals surface area contributed by atoms with Crippen LogP contribution < -0.4 is 5.32 Å². The Bertz CT molecular complexity index is 1090. The molecule has 0 aliphatic carbocycles. The average Bonchev–Trinajstić information content (AvgIpc) is 3.43. The highest BCUT2D eigenvalue weighted by Crippen LogP contribution is 2.21. The molecule has 0 unspecified atom stereocenters. The second-order valence-electron chi connectivity index (χ2n) is 7.69. The highest BCUT2D eigenvalue weighted by molar-refractivity contribution is 5.94. The van der Waals surface area contributed by atoms with Crippen LogP contribution in [0.15, 0.2) is 53.3 Å². The third kappa shape index (κ3) is 4.40. The van der Waals surface area contributed by atoms with Crippen LogP contribution in [0.2, 0.25) is 0 Å². The molecule has 31 heavy (non-hydrogen) atoms. The van der Waals surface area contributed by atoms with Crippen molar-refractivity contribution in [2.24, 2.45) is 0 Å². The molecular weight excluding hydrogens is 398 g/mol. The van der Waals surface area contributed by atoms with Gasteiger partial charge in [-0.25, -0.2) is 4.79 Å². The SMILES string of the molecule is CN(C)C(=O)Cn1ccc2cc(NC(=O)N3CCN(C(=O)c4ccco4)CC3)ccc21. The zero-order valence-corrected chi connectivity index (χ0v) is 17.6. The molecule has 1 fully saturated rings. The summed E-state index contributed by atoms with van der Waals surface area (Å²) in [6.45, 7) is 2.07. The molecule has 4 rings (SSSR count). The number of fused-ring (bicyclic) bond motifs is 1. The number of likely N-dealkylation sites (N-methyl/N-ethyl adjacent to an activating group) is 1. The van der Waals surface area contributed by atoms with Gasteiger partial charge >= 0.3 is 6.03 Å². The van der Waals surface area contributed by atoms with E-state index in [2.05, 4.69) is 5.32 Å². The number of carbonyl (C=O) groups excluding carboxylic acids is 3. The molecule has 1 aromatic carbocycles. The molecule has 0 saturated carbocycles. The number of nitrogens with zero attached hydrogens (tertiary/aromatic N) is 4. The summed E-state index contributed by atoms with van der Waals surface area (Å²) in [6.07, 6.45) is 3.34. The van der Waals surface area contributed by atoms with Gasteiger partial charge in [0, 0.05) is 63.1 Å². The van der Waals surface area contributed by atoms with Crippen molar-refractivity contribution >= 4 is 34.4 Å². The average molecular weight is 423 g/mol. The zero-order valence-electron chi connectivity index (χ0n) is 17.6. The number of nitrogens with one attached hydrogen (secondary N) is 1. The van der Waals surface area contributed by atoms with Crippen LogP contribution in [-0.4, -0.2) is 77.4 Å². The summed E-state index contributed by atoms with van der Waals surface area (Å²) in [5.74, 6) is 0.165. The first-order chi connectivity index (χ1) is 14.9. The maximum atomic E-state index is 12.7. The van der Waals surface area contributed by atoms with Crippen LogP contribution in [0.25, 0.3) is 10.9 Å². The van der Waals surface area contributed by atoms with E-state index in [0.717, 1.165) is 10.9 Å². The van der Waals surface area contributed by atoms with Crippen molar-refractivity contribution in [3.8, 4) is 0 Å². The first kappa shape index (κ1) is 20.5. The Morgan fingerprint density at radius 1 is 1.03 bits per heavy atom. The highest BCUT2D eigenvalue weighted by Gasteiger charge is 2.26. The number of aromatic nitrogens is 1. The van der Waals surface area contributed by atoms with E-state index >= 15 is 0 Å². The second kappa shape index (κ2) is 8.55. The van der Waals surface area contributed by atoms with Gasteiger partial charge < -0.3 is 29.0 Å². The van der Waals surface area contributed by atoms with E-state index in [-0.39, 0.29) is 24.4 Å². The van der Waals surface area contributed by atoms with Gasteiger partial charge in [-0.3, -0.25) is 9.59 Å². The van der Waals surface area contributed by atoms with Gasteiger partial charge in [0.05, 0.1) is 6.26 Å². The molecule has 1 aliphatic rings. The highest BCUT2D eigenvalue weighted by atomic mass is 16.3. The first-order valence-electron chi connectivity index (χ1n) is 10.1. The predicted octanol–water partition coefficient (Wildman–Crippen LogP) is 2.31. The lowest BCUT2D eigenvalue weighted by atomic mass is 10.2. The molecular formula is C22H25N5O4. The van der Waals surface area contributed by atoms with Crippen LogP contribution in [0.4, 0.5) is 10.5 Å². The molecule has 3 heterocycles. The van der Waals surface area contributed by atoms with Crippen LogP contribution in [0, 0.1) is 0 Å². The third-order valence-corrected chi connectivity index (χ3v) is 5.41. The number of rotatable bonds is 4. The first-order valence-corrected chi connectivity index (χ1v) is 10.1. The molecule has 2 aromatic heterocycles.